The summed E-state index contributed by atoms with van der Waals surface area (Å²) in [6, 6.07) is 5.25. The standard InChI is InChI=1S/C15H16BrClN2O2/c16-11-5-10(6-12(17)7-11)14(21)19-3-1-15(2-4-19)8-13(20)18-9-15/h5-7H,1-4,8-9H2,(H,18,20). The van der Waals surface area contributed by atoms with Crippen LogP contribution in [0.3, 0.4) is 0 Å². The predicted octanol–water partition coefficient (Wildman–Crippen LogP) is 2.84. The Hall–Kier alpha value is -1.07. The summed E-state index contributed by atoms with van der Waals surface area (Å²) in [6.45, 7) is 2.13. The summed E-state index contributed by atoms with van der Waals surface area (Å²) in [4.78, 5) is 25.8. The van der Waals surface area contributed by atoms with Gasteiger partial charge in [-0.2, -0.15) is 0 Å². The number of hydrogen-bond acceptors (Lipinski definition) is 2. The SMILES string of the molecule is O=C1CC2(CCN(C(=O)c3cc(Cl)cc(Br)c3)CC2)CN1. The van der Waals surface area contributed by atoms with Gasteiger partial charge in [-0.1, -0.05) is 27.5 Å². The molecule has 0 aromatic heterocycles. The van der Waals surface area contributed by atoms with Crippen LogP contribution in [0.15, 0.2) is 22.7 Å². The molecule has 4 nitrogen and oxygen atoms in total. The average Bonchev–Trinajstić information content (AvgIpc) is 2.79. The van der Waals surface area contributed by atoms with E-state index in [2.05, 4.69) is 21.2 Å². The van der Waals surface area contributed by atoms with Gasteiger partial charge in [0.2, 0.25) is 5.91 Å². The maximum Gasteiger partial charge on any atom is 0.253 e. The normalized spacial score (nSPS) is 20.7. The molecule has 1 aromatic rings. The fourth-order valence-corrected chi connectivity index (χ4v) is 4.01. The number of nitrogens with one attached hydrogen (secondary N) is 1. The van der Waals surface area contributed by atoms with Gasteiger partial charge in [0.1, 0.15) is 0 Å². The fraction of sp³-hybridized carbons (Fsp3) is 0.467. The number of benzene rings is 1. The number of amides is 2. The summed E-state index contributed by atoms with van der Waals surface area (Å²) >= 11 is 9.36. The van der Waals surface area contributed by atoms with Crippen molar-refractivity contribution < 1.29 is 9.59 Å². The van der Waals surface area contributed by atoms with Gasteiger partial charge in [0.25, 0.3) is 5.91 Å². The lowest BCUT2D eigenvalue weighted by Gasteiger charge is -2.38. The molecule has 0 saturated carbocycles. The summed E-state index contributed by atoms with van der Waals surface area (Å²) in [6.07, 6.45) is 2.34. The van der Waals surface area contributed by atoms with Gasteiger partial charge in [-0.25, -0.2) is 0 Å². The van der Waals surface area contributed by atoms with Crippen molar-refractivity contribution in [3.63, 3.8) is 0 Å². The van der Waals surface area contributed by atoms with Crippen molar-refractivity contribution in [1.82, 2.24) is 10.2 Å². The van der Waals surface area contributed by atoms with Crippen molar-refractivity contribution in [2.45, 2.75) is 19.3 Å². The van der Waals surface area contributed by atoms with E-state index < -0.39 is 0 Å². The first kappa shape index (κ1) is 14.9. The van der Waals surface area contributed by atoms with E-state index in [1.165, 1.54) is 0 Å². The highest BCUT2D eigenvalue weighted by Crippen LogP contribution is 2.37. The zero-order valence-electron chi connectivity index (χ0n) is 11.5. The van der Waals surface area contributed by atoms with E-state index in [-0.39, 0.29) is 17.2 Å². The molecule has 21 heavy (non-hydrogen) atoms. The molecular formula is C15H16BrClN2O2. The lowest BCUT2D eigenvalue weighted by atomic mass is 9.77. The number of hydrogen-bond donors (Lipinski definition) is 1. The van der Waals surface area contributed by atoms with E-state index in [0.717, 1.165) is 23.9 Å². The van der Waals surface area contributed by atoms with Gasteiger partial charge in [0, 0.05) is 41.1 Å². The Balaban J connectivity index is 1.69. The molecule has 6 heteroatoms. The molecule has 2 aliphatic heterocycles. The second-order valence-electron chi connectivity index (χ2n) is 5.90. The first-order chi connectivity index (χ1) is 9.97. The summed E-state index contributed by atoms with van der Waals surface area (Å²) in [7, 11) is 0. The molecule has 0 radical (unpaired) electrons. The van der Waals surface area contributed by atoms with Crippen molar-refractivity contribution in [3.8, 4) is 0 Å². The first-order valence-corrected chi connectivity index (χ1v) is 8.17. The Labute approximate surface area is 137 Å². The smallest absolute Gasteiger partial charge is 0.253 e. The van der Waals surface area contributed by atoms with Gasteiger partial charge < -0.3 is 10.2 Å². The Morgan fingerprint density at radius 3 is 2.57 bits per heavy atom. The van der Waals surface area contributed by atoms with Crippen LogP contribution in [0.5, 0.6) is 0 Å². The van der Waals surface area contributed by atoms with Crippen molar-refractivity contribution in [1.29, 1.82) is 0 Å². The molecule has 1 spiro atoms. The quantitative estimate of drug-likeness (QED) is 0.825. The molecular weight excluding hydrogens is 356 g/mol. The number of nitrogens with zero attached hydrogens (tertiary/aromatic N) is 1. The Morgan fingerprint density at radius 1 is 1.29 bits per heavy atom. The van der Waals surface area contributed by atoms with Crippen LogP contribution < -0.4 is 5.32 Å². The first-order valence-electron chi connectivity index (χ1n) is 7.00. The molecule has 2 heterocycles. The molecule has 2 fully saturated rings. The van der Waals surface area contributed by atoms with Crippen molar-refractivity contribution in [2.24, 2.45) is 5.41 Å². The maximum absolute atomic E-state index is 12.5. The summed E-state index contributed by atoms with van der Waals surface area (Å²) in [5, 5.41) is 3.45. The number of halogens is 2. The second-order valence-corrected chi connectivity index (χ2v) is 7.26. The number of likely N-dealkylation sites (tertiary alicyclic amines) is 1. The Kier molecular flexibility index (Phi) is 3.97. The van der Waals surface area contributed by atoms with Gasteiger partial charge in [0.05, 0.1) is 0 Å². The highest BCUT2D eigenvalue weighted by atomic mass is 79.9. The third-order valence-corrected chi connectivity index (χ3v) is 5.09. The van der Waals surface area contributed by atoms with Gasteiger partial charge >= 0.3 is 0 Å². The number of piperidine rings is 1. The van der Waals surface area contributed by atoms with Gasteiger partial charge in [-0.15, -0.1) is 0 Å². The van der Waals surface area contributed by atoms with Crippen LogP contribution in [0.2, 0.25) is 5.02 Å². The zero-order chi connectivity index (χ0) is 15.0. The lowest BCUT2D eigenvalue weighted by Crippen LogP contribution is -2.44. The molecule has 3 rings (SSSR count). The average molecular weight is 372 g/mol. The van der Waals surface area contributed by atoms with Gasteiger partial charge in [0.15, 0.2) is 0 Å². The van der Waals surface area contributed by atoms with Gasteiger partial charge in [-0.3, -0.25) is 9.59 Å². The van der Waals surface area contributed by atoms with Crippen molar-refractivity contribution in [2.75, 3.05) is 19.6 Å². The number of carbonyl (C=O) groups excluding carboxylic acids is 2. The molecule has 2 aliphatic rings. The molecule has 1 N–H and O–H groups in total. The minimum absolute atomic E-state index is 0.00494. The minimum atomic E-state index is 0.00494. The maximum atomic E-state index is 12.5. The van der Waals surface area contributed by atoms with Crippen LogP contribution in [-0.2, 0) is 4.79 Å². The molecule has 0 atom stereocenters. The molecule has 1 aromatic carbocycles. The second kappa shape index (κ2) is 5.61. The molecule has 0 unspecified atom stereocenters. The summed E-state index contributed by atoms with van der Waals surface area (Å²) < 4.78 is 0.803. The van der Waals surface area contributed by atoms with Crippen LogP contribution in [0.4, 0.5) is 0 Å². The lowest BCUT2D eigenvalue weighted by molar-refractivity contribution is -0.119. The Morgan fingerprint density at radius 2 is 2.00 bits per heavy atom. The number of carbonyl (C=O) groups is 2. The fourth-order valence-electron chi connectivity index (χ4n) is 3.15. The van der Waals surface area contributed by atoms with E-state index in [4.69, 9.17) is 11.6 Å². The van der Waals surface area contributed by atoms with Crippen LogP contribution in [0.25, 0.3) is 0 Å². The monoisotopic (exact) mass is 370 g/mol. The predicted molar refractivity (Wildman–Crippen MR) is 84.3 cm³/mol. The molecule has 0 bridgehead atoms. The Bertz CT molecular complexity index is 577. The summed E-state index contributed by atoms with van der Waals surface area (Å²) in [5.74, 6) is 0.138. The van der Waals surface area contributed by atoms with Crippen LogP contribution in [0, 0.1) is 5.41 Å². The molecule has 2 amide bonds. The van der Waals surface area contributed by atoms with E-state index in [0.29, 0.717) is 30.1 Å². The zero-order valence-corrected chi connectivity index (χ0v) is 13.8. The largest absolute Gasteiger partial charge is 0.356 e. The van der Waals surface area contributed by atoms with Crippen LogP contribution in [-0.4, -0.2) is 36.3 Å². The van der Waals surface area contributed by atoms with E-state index in [1.54, 1.807) is 18.2 Å². The van der Waals surface area contributed by atoms with Gasteiger partial charge in [-0.05, 0) is 36.5 Å². The van der Waals surface area contributed by atoms with Crippen molar-refractivity contribution in [3.05, 3.63) is 33.3 Å². The van der Waals surface area contributed by atoms with Crippen LogP contribution in [0.1, 0.15) is 29.6 Å². The van der Waals surface area contributed by atoms with E-state index >= 15 is 0 Å². The highest BCUT2D eigenvalue weighted by Gasteiger charge is 2.41. The topological polar surface area (TPSA) is 49.4 Å². The number of rotatable bonds is 1. The summed E-state index contributed by atoms with van der Waals surface area (Å²) in [5.41, 5.74) is 0.661. The molecule has 112 valence electrons. The van der Waals surface area contributed by atoms with E-state index in [9.17, 15) is 9.59 Å². The third-order valence-electron chi connectivity index (χ3n) is 4.42. The van der Waals surface area contributed by atoms with Crippen molar-refractivity contribution >= 4 is 39.3 Å². The molecule has 2 saturated heterocycles. The van der Waals surface area contributed by atoms with E-state index in [1.807, 2.05) is 4.90 Å². The third kappa shape index (κ3) is 3.09. The highest BCUT2D eigenvalue weighted by molar-refractivity contribution is 9.10. The molecule has 0 aliphatic carbocycles. The van der Waals surface area contributed by atoms with Crippen LogP contribution >= 0.6 is 27.5 Å². The minimum Gasteiger partial charge on any atom is -0.356 e.